The maximum Gasteiger partial charge on any atom is 0.299 e. The highest BCUT2D eigenvalue weighted by Crippen LogP contribution is 2.23. The summed E-state index contributed by atoms with van der Waals surface area (Å²) in [6.07, 6.45) is 2.49. The molecule has 0 rings (SSSR count). The van der Waals surface area contributed by atoms with Crippen molar-refractivity contribution in [3.05, 3.63) is 11.2 Å². The van der Waals surface area contributed by atoms with Crippen LogP contribution >= 0.6 is 46.4 Å². The smallest absolute Gasteiger partial charge is 0.299 e. The van der Waals surface area contributed by atoms with Crippen molar-refractivity contribution in [3.8, 4) is 0 Å². The Bertz CT molecular complexity index is 206. The van der Waals surface area contributed by atoms with Gasteiger partial charge in [-0.05, 0) is 24.1 Å². The van der Waals surface area contributed by atoms with Crippen LogP contribution in [0, 0.1) is 0 Å². The van der Waals surface area contributed by atoms with Gasteiger partial charge in [-0.2, -0.15) is 0 Å². The molecular weight excluding hydrogens is 277 g/mol. The van der Waals surface area contributed by atoms with Gasteiger partial charge in [0.05, 0.1) is 0 Å². The molecule has 0 saturated carbocycles. The highest BCUT2D eigenvalue weighted by atomic mass is 35.6. The van der Waals surface area contributed by atoms with Crippen LogP contribution < -0.4 is 23.1 Å². The number of halogens is 5. The van der Waals surface area contributed by atoms with Crippen molar-refractivity contribution in [1.29, 1.82) is 0 Å². The number of hydrogen-bond donors (Lipinski definition) is 2. The van der Waals surface area contributed by atoms with Gasteiger partial charge in [-0.25, -0.2) is 4.99 Å². The van der Waals surface area contributed by atoms with E-state index >= 15 is 0 Å². The Morgan fingerprint density at radius 1 is 1.46 bits per heavy atom. The van der Waals surface area contributed by atoms with E-state index in [9.17, 15) is 0 Å². The topological polar surface area (TPSA) is 40.0 Å². The minimum absolute atomic E-state index is 0. The number of alkyl halides is 3. The third-order valence-corrected chi connectivity index (χ3v) is 1.80. The summed E-state index contributed by atoms with van der Waals surface area (Å²) in [6, 6.07) is 0. The second kappa shape index (κ2) is 7.02. The van der Waals surface area contributed by atoms with E-state index < -0.39 is 3.79 Å². The van der Waals surface area contributed by atoms with E-state index in [0.717, 1.165) is 6.42 Å². The second-order valence-corrected chi connectivity index (χ2v) is 4.69. The summed E-state index contributed by atoms with van der Waals surface area (Å²) in [4.78, 5) is 2.55. The van der Waals surface area contributed by atoms with Crippen molar-refractivity contribution < 1.29 is 17.4 Å². The summed E-state index contributed by atoms with van der Waals surface area (Å²) in [6.45, 7) is 1.93. The quantitative estimate of drug-likeness (QED) is 0.270. The van der Waals surface area contributed by atoms with Crippen LogP contribution in [0.1, 0.15) is 13.3 Å². The molecule has 0 aliphatic carbocycles. The third kappa shape index (κ3) is 7.71. The summed E-state index contributed by atoms with van der Waals surface area (Å²) >= 11 is 22.0. The lowest BCUT2D eigenvalue weighted by Gasteiger charge is -2.03. The molecule has 0 saturated heterocycles. The Balaban J connectivity index is 0. The molecule has 0 aromatic heterocycles. The molecule has 13 heavy (non-hydrogen) atoms. The normalized spacial score (nSPS) is 13.9. The van der Waals surface area contributed by atoms with Crippen molar-refractivity contribution in [3.63, 3.8) is 0 Å². The molecular formula is C6H9Cl5N2. The minimum atomic E-state index is -1.64. The lowest BCUT2D eigenvalue weighted by atomic mass is 10.5. The maximum absolute atomic E-state index is 5.66. The van der Waals surface area contributed by atoms with Gasteiger partial charge in [-0.3, -0.25) is 5.73 Å². The maximum atomic E-state index is 5.66. The molecule has 0 aromatic rings. The first-order valence-corrected chi connectivity index (χ1v) is 4.71. The molecule has 0 unspecified atom stereocenters. The van der Waals surface area contributed by atoms with E-state index in [2.05, 4.69) is 4.99 Å². The van der Waals surface area contributed by atoms with Gasteiger partial charge in [0, 0.05) is 0 Å². The van der Waals surface area contributed by atoms with Gasteiger partial charge in [0.25, 0.3) is 9.63 Å². The van der Waals surface area contributed by atoms with Crippen molar-refractivity contribution >= 4 is 52.2 Å². The zero-order valence-electron chi connectivity index (χ0n) is 6.75. The predicted octanol–water partition coefficient (Wildman–Crippen LogP) is -1.71. The Morgan fingerprint density at radius 3 is 2.23 bits per heavy atom. The first-order valence-electron chi connectivity index (χ1n) is 3.20. The number of allylic oxidation sites excluding steroid dienone is 1. The van der Waals surface area contributed by atoms with Gasteiger partial charge in [0.1, 0.15) is 0 Å². The van der Waals surface area contributed by atoms with Crippen LogP contribution in [0.2, 0.25) is 0 Å². The average molecular weight is 286 g/mol. The van der Waals surface area contributed by atoms with Gasteiger partial charge in [0.2, 0.25) is 0 Å². The second-order valence-electron chi connectivity index (χ2n) is 2.00. The zero-order valence-corrected chi connectivity index (χ0v) is 10.5. The largest absolute Gasteiger partial charge is 1.00 e. The molecule has 0 aromatic carbocycles. The van der Waals surface area contributed by atoms with Crippen LogP contribution in [0.5, 0.6) is 0 Å². The van der Waals surface area contributed by atoms with Crippen molar-refractivity contribution in [2.75, 3.05) is 0 Å². The first-order chi connectivity index (χ1) is 5.38. The fourth-order valence-electron chi connectivity index (χ4n) is 0.430. The van der Waals surface area contributed by atoms with Crippen LogP contribution in [-0.4, -0.2) is 9.63 Å². The molecule has 0 radical (unpaired) electrons. The van der Waals surface area contributed by atoms with Gasteiger partial charge < -0.3 is 12.4 Å². The Hall–Kier alpha value is 0.660. The molecule has 0 aliphatic heterocycles. The third-order valence-electron chi connectivity index (χ3n) is 0.943. The molecule has 78 valence electrons. The molecule has 0 atom stereocenters. The molecule has 0 fully saturated rings. The fourth-order valence-corrected chi connectivity index (χ4v) is 0.828. The molecule has 3 N–H and O–H groups in total. The standard InChI is InChI=1S/C6H8Cl4N2.ClH/c1-2-3-4(7)12-5(11)6(8,9)10;/h3H,2H2,1H3,(H2,11,12);1H/b4-3+;. The van der Waals surface area contributed by atoms with E-state index in [4.69, 9.17) is 52.1 Å². The van der Waals surface area contributed by atoms with E-state index in [-0.39, 0.29) is 18.2 Å². The lowest BCUT2D eigenvalue weighted by molar-refractivity contribution is -0.386. The molecule has 0 aliphatic rings. The van der Waals surface area contributed by atoms with Gasteiger partial charge >= 0.3 is 0 Å². The zero-order chi connectivity index (χ0) is 9.78. The SMILES string of the molecule is CC/C=C(Cl)/[NH+]=C(/N)C(Cl)(Cl)Cl.[Cl-]. The number of rotatable bonds is 2. The van der Waals surface area contributed by atoms with Crippen molar-refractivity contribution in [1.82, 2.24) is 0 Å². The molecule has 7 heteroatoms. The van der Waals surface area contributed by atoms with E-state index in [1.807, 2.05) is 6.92 Å². The number of amidine groups is 1. The minimum Gasteiger partial charge on any atom is -1.00 e. The van der Waals surface area contributed by atoms with Crippen molar-refractivity contribution in [2.45, 2.75) is 17.1 Å². The number of hydrogen-bond acceptors (Lipinski definition) is 0. The average Bonchev–Trinajstić information content (AvgIpc) is 1.85. The number of nitrogens with two attached hydrogens (primary N) is 1. The summed E-state index contributed by atoms with van der Waals surface area (Å²) in [5, 5.41) is 0.348. The molecule has 0 heterocycles. The van der Waals surface area contributed by atoms with Crippen LogP contribution in [0.4, 0.5) is 0 Å². The van der Waals surface area contributed by atoms with Crippen molar-refractivity contribution in [2.24, 2.45) is 5.73 Å². The molecule has 0 bridgehead atoms. The Morgan fingerprint density at radius 2 is 1.92 bits per heavy atom. The van der Waals surface area contributed by atoms with Crippen LogP contribution in [0.15, 0.2) is 11.2 Å². The van der Waals surface area contributed by atoms with Gasteiger partial charge in [-0.1, -0.05) is 41.7 Å². The highest BCUT2D eigenvalue weighted by molar-refractivity contribution is 6.76. The predicted molar refractivity (Wildman–Crippen MR) is 54.7 cm³/mol. The van der Waals surface area contributed by atoms with Crippen LogP contribution in [0.3, 0.4) is 0 Å². The van der Waals surface area contributed by atoms with Crippen LogP contribution in [-0.2, 0) is 0 Å². The lowest BCUT2D eigenvalue weighted by Crippen LogP contribution is -3.00. The van der Waals surface area contributed by atoms with E-state index in [1.165, 1.54) is 0 Å². The summed E-state index contributed by atoms with van der Waals surface area (Å²) in [5.74, 6) is -0.0119. The Labute approximate surface area is 103 Å². The summed E-state index contributed by atoms with van der Waals surface area (Å²) in [7, 11) is 0. The molecule has 0 amide bonds. The monoisotopic (exact) mass is 284 g/mol. The highest BCUT2D eigenvalue weighted by Gasteiger charge is 2.30. The fraction of sp³-hybridized carbons (Fsp3) is 0.500. The van der Waals surface area contributed by atoms with E-state index in [1.54, 1.807) is 6.08 Å². The Kier molecular flexibility index (Phi) is 8.69. The van der Waals surface area contributed by atoms with E-state index in [0.29, 0.717) is 5.16 Å². The van der Waals surface area contributed by atoms with Gasteiger partial charge in [0.15, 0.2) is 5.16 Å². The molecule has 0 spiro atoms. The number of nitrogens with one attached hydrogen (secondary N) is 1. The summed E-state index contributed by atoms with van der Waals surface area (Å²) < 4.78 is -1.64. The first kappa shape index (κ1) is 16.1. The van der Waals surface area contributed by atoms with Gasteiger partial charge in [-0.15, -0.1) is 0 Å². The van der Waals surface area contributed by atoms with Crippen LogP contribution in [0.25, 0.3) is 0 Å². The summed E-state index contributed by atoms with van der Waals surface area (Å²) in [5.41, 5.74) is 5.37. The molecule has 2 nitrogen and oxygen atoms in total.